The predicted octanol–water partition coefficient (Wildman–Crippen LogP) is 4.38. The van der Waals surface area contributed by atoms with Crippen LogP contribution in [0.4, 0.5) is 22.0 Å². The van der Waals surface area contributed by atoms with E-state index in [1.165, 1.54) is 0 Å². The molecule has 1 aromatic rings. The van der Waals surface area contributed by atoms with Gasteiger partial charge in [-0.3, -0.25) is 0 Å². The summed E-state index contributed by atoms with van der Waals surface area (Å²) in [7, 11) is 0. The van der Waals surface area contributed by atoms with Crippen LogP contribution in [0.15, 0.2) is 12.1 Å². The molecule has 0 saturated heterocycles. The van der Waals surface area contributed by atoms with Crippen LogP contribution in [0, 0.1) is 11.6 Å². The van der Waals surface area contributed by atoms with Gasteiger partial charge in [-0.25, -0.2) is 8.78 Å². The Bertz CT molecular complexity index is 385. The number of hydrogen-bond acceptors (Lipinski definition) is 1. The summed E-state index contributed by atoms with van der Waals surface area (Å²) in [5, 5.41) is -0.174. The maximum Gasteiger partial charge on any atom is 0.389 e. The van der Waals surface area contributed by atoms with Crippen molar-refractivity contribution < 1.29 is 22.0 Å². The maximum atomic E-state index is 13.3. The Balaban J connectivity index is 0.00000289. The van der Waals surface area contributed by atoms with E-state index in [2.05, 4.69) is 0 Å². The molecule has 1 atom stereocenters. The van der Waals surface area contributed by atoms with Gasteiger partial charge in [-0.1, -0.05) is 11.6 Å². The zero-order valence-electron chi connectivity index (χ0n) is 8.90. The van der Waals surface area contributed by atoms with Crippen molar-refractivity contribution in [1.82, 2.24) is 0 Å². The first-order valence-electron chi connectivity index (χ1n) is 4.67. The molecular weight excluding hydrogens is 300 g/mol. The molecule has 0 aromatic heterocycles. The van der Waals surface area contributed by atoms with Crippen LogP contribution in [-0.4, -0.2) is 6.18 Å². The van der Waals surface area contributed by atoms with E-state index in [1.807, 2.05) is 0 Å². The highest BCUT2D eigenvalue weighted by molar-refractivity contribution is 6.30. The third kappa shape index (κ3) is 4.96. The third-order valence-electron chi connectivity index (χ3n) is 2.15. The van der Waals surface area contributed by atoms with Crippen molar-refractivity contribution in [2.75, 3.05) is 0 Å². The second-order valence-electron chi connectivity index (χ2n) is 3.54. The second-order valence-corrected chi connectivity index (χ2v) is 3.98. The summed E-state index contributed by atoms with van der Waals surface area (Å²) in [5.41, 5.74) is 4.76. The highest BCUT2D eigenvalue weighted by Crippen LogP contribution is 2.29. The normalized spacial score (nSPS) is 13.1. The Hall–Kier alpha value is -0.590. The van der Waals surface area contributed by atoms with Gasteiger partial charge in [0.2, 0.25) is 0 Å². The number of benzene rings is 1. The molecule has 0 aliphatic heterocycles. The molecule has 104 valence electrons. The maximum absolute atomic E-state index is 13.3. The Morgan fingerprint density at radius 2 is 1.61 bits per heavy atom. The molecule has 1 aromatic carbocycles. The van der Waals surface area contributed by atoms with Crippen molar-refractivity contribution in [2.24, 2.45) is 5.73 Å². The SMILES string of the molecule is Cl.N[C@@H](CCC(F)(F)F)c1c(F)cc(Cl)cc1F. The molecule has 0 aliphatic carbocycles. The minimum atomic E-state index is -4.41. The van der Waals surface area contributed by atoms with Crippen LogP contribution in [-0.2, 0) is 0 Å². The lowest BCUT2D eigenvalue weighted by Gasteiger charge is -2.15. The molecule has 0 heterocycles. The van der Waals surface area contributed by atoms with Gasteiger partial charge in [0, 0.05) is 23.0 Å². The zero-order chi connectivity index (χ0) is 13.2. The minimum absolute atomic E-state index is 0. The summed E-state index contributed by atoms with van der Waals surface area (Å²) in [6.07, 6.45) is -6.19. The van der Waals surface area contributed by atoms with Gasteiger partial charge in [-0.05, 0) is 18.6 Å². The first-order chi connectivity index (χ1) is 7.70. The molecule has 0 spiro atoms. The third-order valence-corrected chi connectivity index (χ3v) is 2.37. The zero-order valence-corrected chi connectivity index (χ0v) is 10.5. The van der Waals surface area contributed by atoms with E-state index in [9.17, 15) is 22.0 Å². The van der Waals surface area contributed by atoms with E-state index < -0.39 is 42.3 Å². The molecule has 0 fully saturated rings. The largest absolute Gasteiger partial charge is 0.389 e. The van der Waals surface area contributed by atoms with Crippen LogP contribution in [0.3, 0.4) is 0 Å². The fourth-order valence-corrected chi connectivity index (χ4v) is 1.56. The standard InChI is InChI=1S/C10H9ClF5N.ClH/c11-5-3-6(12)9(7(13)4-5)8(17)1-2-10(14,15)16;/h3-4,8H,1-2,17H2;1H/t8-;/m0./s1. The van der Waals surface area contributed by atoms with Crippen molar-refractivity contribution in [1.29, 1.82) is 0 Å². The van der Waals surface area contributed by atoms with Gasteiger partial charge in [-0.2, -0.15) is 13.2 Å². The number of alkyl halides is 3. The predicted molar refractivity (Wildman–Crippen MR) is 60.8 cm³/mol. The molecule has 8 heteroatoms. The molecule has 0 amide bonds. The van der Waals surface area contributed by atoms with E-state index >= 15 is 0 Å². The Morgan fingerprint density at radius 3 is 2.00 bits per heavy atom. The van der Waals surface area contributed by atoms with E-state index in [4.69, 9.17) is 17.3 Å². The quantitative estimate of drug-likeness (QED) is 0.824. The molecule has 0 radical (unpaired) electrons. The van der Waals surface area contributed by atoms with Crippen LogP contribution in [0.1, 0.15) is 24.4 Å². The van der Waals surface area contributed by atoms with E-state index in [0.717, 1.165) is 12.1 Å². The summed E-state index contributed by atoms with van der Waals surface area (Å²) in [6, 6.07) is 0.273. The topological polar surface area (TPSA) is 26.0 Å². The Labute approximate surface area is 112 Å². The first-order valence-corrected chi connectivity index (χ1v) is 5.05. The fourth-order valence-electron chi connectivity index (χ4n) is 1.37. The Kier molecular flexibility index (Phi) is 6.33. The average molecular weight is 310 g/mol. The van der Waals surface area contributed by atoms with Crippen molar-refractivity contribution in [3.8, 4) is 0 Å². The molecule has 0 saturated carbocycles. The Morgan fingerprint density at radius 1 is 1.17 bits per heavy atom. The van der Waals surface area contributed by atoms with Crippen LogP contribution >= 0.6 is 24.0 Å². The van der Waals surface area contributed by atoms with Gasteiger partial charge < -0.3 is 5.73 Å². The van der Waals surface area contributed by atoms with E-state index in [0.29, 0.717) is 0 Å². The summed E-state index contributed by atoms with van der Waals surface area (Å²) < 4.78 is 62.4. The summed E-state index contributed by atoms with van der Waals surface area (Å²) >= 11 is 5.38. The van der Waals surface area contributed by atoms with Gasteiger partial charge in [0.1, 0.15) is 11.6 Å². The van der Waals surface area contributed by atoms with Gasteiger partial charge >= 0.3 is 6.18 Å². The summed E-state index contributed by atoms with van der Waals surface area (Å²) in [4.78, 5) is 0. The number of hydrogen-bond donors (Lipinski definition) is 1. The molecule has 18 heavy (non-hydrogen) atoms. The lowest BCUT2D eigenvalue weighted by molar-refractivity contribution is -0.136. The fraction of sp³-hybridized carbons (Fsp3) is 0.400. The molecular formula is C10H10Cl2F5N. The molecule has 1 rings (SSSR count). The number of rotatable bonds is 3. The van der Waals surface area contributed by atoms with Crippen LogP contribution < -0.4 is 5.73 Å². The van der Waals surface area contributed by atoms with Crippen LogP contribution in [0.25, 0.3) is 0 Å². The van der Waals surface area contributed by atoms with Crippen molar-refractivity contribution in [3.63, 3.8) is 0 Å². The number of nitrogens with two attached hydrogens (primary N) is 1. The van der Waals surface area contributed by atoms with Crippen LogP contribution in [0.5, 0.6) is 0 Å². The van der Waals surface area contributed by atoms with Crippen molar-refractivity contribution >= 4 is 24.0 Å². The highest BCUT2D eigenvalue weighted by Gasteiger charge is 2.29. The van der Waals surface area contributed by atoms with Gasteiger partial charge in [0.15, 0.2) is 0 Å². The molecule has 0 bridgehead atoms. The summed E-state index contributed by atoms with van der Waals surface area (Å²) in [6.45, 7) is 0. The van der Waals surface area contributed by atoms with Crippen molar-refractivity contribution in [3.05, 3.63) is 34.4 Å². The molecule has 2 N–H and O–H groups in total. The highest BCUT2D eigenvalue weighted by atomic mass is 35.5. The van der Waals surface area contributed by atoms with Crippen molar-refractivity contribution in [2.45, 2.75) is 25.1 Å². The van der Waals surface area contributed by atoms with Crippen LogP contribution in [0.2, 0.25) is 5.02 Å². The van der Waals surface area contributed by atoms with Gasteiger partial charge in [-0.15, -0.1) is 12.4 Å². The van der Waals surface area contributed by atoms with Gasteiger partial charge in [0.25, 0.3) is 0 Å². The molecule has 1 nitrogen and oxygen atoms in total. The van der Waals surface area contributed by atoms with E-state index in [-0.39, 0.29) is 17.4 Å². The molecule has 0 aliphatic rings. The second kappa shape index (κ2) is 6.54. The minimum Gasteiger partial charge on any atom is -0.324 e. The number of halogens is 7. The monoisotopic (exact) mass is 309 g/mol. The van der Waals surface area contributed by atoms with E-state index in [1.54, 1.807) is 0 Å². The average Bonchev–Trinajstić information content (AvgIpc) is 2.11. The smallest absolute Gasteiger partial charge is 0.324 e. The molecule has 0 unspecified atom stereocenters. The lowest BCUT2D eigenvalue weighted by atomic mass is 10.0. The van der Waals surface area contributed by atoms with Gasteiger partial charge in [0.05, 0.1) is 0 Å². The first kappa shape index (κ1) is 17.4. The summed E-state index contributed by atoms with van der Waals surface area (Å²) in [5.74, 6) is -2.07. The lowest BCUT2D eigenvalue weighted by Crippen LogP contribution is -2.18.